The van der Waals surface area contributed by atoms with Crippen molar-refractivity contribution in [1.29, 1.82) is 0 Å². The highest BCUT2D eigenvalue weighted by Crippen LogP contribution is 2.29. The maximum absolute atomic E-state index is 12.5. The highest BCUT2D eigenvalue weighted by atomic mass is 16.1. The zero-order chi connectivity index (χ0) is 18.1. The van der Waals surface area contributed by atoms with Crippen molar-refractivity contribution in [2.24, 2.45) is 11.8 Å². The number of aryl methyl sites for hydroxylation is 3. The minimum absolute atomic E-state index is 0.154. The molecule has 1 amide bonds. The van der Waals surface area contributed by atoms with E-state index in [-0.39, 0.29) is 5.91 Å². The molecule has 3 atom stereocenters. The number of fused-ring (bicyclic) bond motifs is 1. The average molecular weight is 342 g/mol. The number of aromatic nitrogens is 3. The van der Waals surface area contributed by atoms with Gasteiger partial charge in [-0.25, -0.2) is 9.50 Å². The number of hydrogen-bond donors (Lipinski definition) is 1. The van der Waals surface area contributed by atoms with Gasteiger partial charge in [-0.3, -0.25) is 4.79 Å². The predicted octanol–water partition coefficient (Wildman–Crippen LogP) is 3.53. The molecule has 5 nitrogen and oxygen atoms in total. The minimum atomic E-state index is 0.154. The second kappa shape index (κ2) is 7.14. The van der Waals surface area contributed by atoms with Gasteiger partial charge >= 0.3 is 0 Å². The summed E-state index contributed by atoms with van der Waals surface area (Å²) in [4.78, 5) is 17.1. The van der Waals surface area contributed by atoms with Crippen LogP contribution < -0.4 is 5.32 Å². The van der Waals surface area contributed by atoms with E-state index in [0.29, 0.717) is 30.7 Å². The summed E-state index contributed by atoms with van der Waals surface area (Å²) < 4.78 is 1.89. The summed E-state index contributed by atoms with van der Waals surface area (Å²) in [6, 6.07) is 2.31. The van der Waals surface area contributed by atoms with E-state index in [1.807, 2.05) is 24.4 Å². The van der Waals surface area contributed by atoms with E-state index in [1.165, 1.54) is 12.8 Å². The van der Waals surface area contributed by atoms with Crippen LogP contribution in [0.5, 0.6) is 0 Å². The second-order valence-corrected chi connectivity index (χ2v) is 7.76. The predicted molar refractivity (Wildman–Crippen MR) is 99.6 cm³/mol. The standard InChI is InChI=1S/C20H30N4O/c1-12-7-6-8-18(14(12)3)22-20(25)10-9-17-15(4)21-19-11-13(2)23-24(19)16(17)5/h11-12,14,18H,6-10H2,1-5H3,(H,22,25)/t12-,14+,18+/m0/s1. The summed E-state index contributed by atoms with van der Waals surface area (Å²) in [5.41, 5.74) is 5.06. The number of hydrogen-bond acceptors (Lipinski definition) is 3. The summed E-state index contributed by atoms with van der Waals surface area (Å²) in [5, 5.41) is 7.77. The van der Waals surface area contributed by atoms with E-state index in [0.717, 1.165) is 34.7 Å². The van der Waals surface area contributed by atoms with Gasteiger partial charge in [0.05, 0.1) is 5.69 Å². The van der Waals surface area contributed by atoms with Crippen LogP contribution in [0.2, 0.25) is 0 Å². The quantitative estimate of drug-likeness (QED) is 0.925. The molecule has 25 heavy (non-hydrogen) atoms. The zero-order valence-electron chi connectivity index (χ0n) is 16.1. The van der Waals surface area contributed by atoms with E-state index >= 15 is 0 Å². The highest BCUT2D eigenvalue weighted by Gasteiger charge is 2.28. The van der Waals surface area contributed by atoms with Crippen LogP contribution in [0, 0.1) is 32.6 Å². The third kappa shape index (κ3) is 3.70. The molecule has 0 radical (unpaired) electrons. The Balaban J connectivity index is 1.67. The molecule has 0 bridgehead atoms. The van der Waals surface area contributed by atoms with Gasteiger partial charge in [0, 0.05) is 29.9 Å². The maximum atomic E-state index is 12.5. The van der Waals surface area contributed by atoms with Crippen molar-refractivity contribution >= 4 is 11.6 Å². The second-order valence-electron chi connectivity index (χ2n) is 7.76. The molecule has 0 unspecified atom stereocenters. The van der Waals surface area contributed by atoms with Crippen LogP contribution in [0.4, 0.5) is 0 Å². The number of rotatable bonds is 4. The van der Waals surface area contributed by atoms with Gasteiger partial charge in [-0.1, -0.05) is 26.7 Å². The smallest absolute Gasteiger partial charge is 0.220 e. The molecule has 2 heterocycles. The van der Waals surface area contributed by atoms with Crippen LogP contribution >= 0.6 is 0 Å². The summed E-state index contributed by atoms with van der Waals surface area (Å²) in [7, 11) is 0. The molecule has 2 aromatic rings. The molecule has 1 saturated carbocycles. The fourth-order valence-corrected chi connectivity index (χ4v) is 4.11. The van der Waals surface area contributed by atoms with Gasteiger partial charge in [0.15, 0.2) is 5.65 Å². The summed E-state index contributed by atoms with van der Waals surface area (Å²) in [6.45, 7) is 10.6. The van der Waals surface area contributed by atoms with E-state index in [2.05, 4.69) is 36.2 Å². The van der Waals surface area contributed by atoms with Gasteiger partial charge in [-0.15, -0.1) is 0 Å². The Morgan fingerprint density at radius 2 is 2.04 bits per heavy atom. The fraction of sp³-hybridized carbons (Fsp3) is 0.650. The van der Waals surface area contributed by atoms with Gasteiger partial charge in [-0.2, -0.15) is 5.10 Å². The first-order chi connectivity index (χ1) is 11.9. The molecule has 0 aliphatic heterocycles. The number of nitrogens with one attached hydrogen (secondary N) is 1. The molecule has 3 rings (SSSR count). The fourth-order valence-electron chi connectivity index (χ4n) is 4.11. The zero-order valence-corrected chi connectivity index (χ0v) is 16.1. The summed E-state index contributed by atoms with van der Waals surface area (Å²) in [6.07, 6.45) is 4.82. The number of nitrogens with zero attached hydrogens (tertiary/aromatic N) is 3. The van der Waals surface area contributed by atoms with Crippen LogP contribution in [0.25, 0.3) is 5.65 Å². The van der Waals surface area contributed by atoms with Crippen molar-refractivity contribution in [2.45, 2.75) is 72.8 Å². The maximum Gasteiger partial charge on any atom is 0.220 e. The van der Waals surface area contributed by atoms with Crippen LogP contribution in [0.1, 0.15) is 62.2 Å². The first kappa shape index (κ1) is 17.9. The average Bonchev–Trinajstić information content (AvgIpc) is 2.92. The lowest BCUT2D eigenvalue weighted by atomic mass is 9.78. The Hall–Kier alpha value is -1.91. The van der Waals surface area contributed by atoms with Crippen LogP contribution in [-0.4, -0.2) is 26.5 Å². The van der Waals surface area contributed by atoms with Gasteiger partial charge in [-0.05, 0) is 51.0 Å². The van der Waals surface area contributed by atoms with Gasteiger partial charge < -0.3 is 5.32 Å². The van der Waals surface area contributed by atoms with Crippen LogP contribution in [0.15, 0.2) is 6.07 Å². The minimum Gasteiger partial charge on any atom is -0.353 e. The molecule has 0 spiro atoms. The molecule has 1 aliphatic carbocycles. The molecule has 0 aromatic carbocycles. The van der Waals surface area contributed by atoms with Crippen molar-refractivity contribution in [2.75, 3.05) is 0 Å². The molecule has 1 fully saturated rings. The van der Waals surface area contributed by atoms with E-state index in [4.69, 9.17) is 0 Å². The Morgan fingerprint density at radius 1 is 1.28 bits per heavy atom. The first-order valence-electron chi connectivity index (χ1n) is 9.48. The van der Waals surface area contributed by atoms with Gasteiger partial charge in [0.1, 0.15) is 0 Å². The van der Waals surface area contributed by atoms with Crippen molar-refractivity contribution in [1.82, 2.24) is 19.9 Å². The SMILES string of the molecule is Cc1cc2nc(C)c(CCC(=O)N[C@@H]3CCC[C@H](C)[C@H]3C)c(C)n2n1. The number of amides is 1. The van der Waals surface area contributed by atoms with Gasteiger partial charge in [0.25, 0.3) is 0 Å². The Labute approximate surface area is 150 Å². The molecule has 136 valence electrons. The largest absolute Gasteiger partial charge is 0.353 e. The molecular weight excluding hydrogens is 312 g/mol. The highest BCUT2D eigenvalue weighted by molar-refractivity contribution is 5.76. The van der Waals surface area contributed by atoms with E-state index in [1.54, 1.807) is 0 Å². The van der Waals surface area contributed by atoms with E-state index < -0.39 is 0 Å². The molecular formula is C20H30N4O. The summed E-state index contributed by atoms with van der Waals surface area (Å²) in [5.74, 6) is 1.41. The first-order valence-corrected chi connectivity index (χ1v) is 9.48. The van der Waals surface area contributed by atoms with Crippen molar-refractivity contribution in [3.8, 4) is 0 Å². The third-order valence-corrected chi connectivity index (χ3v) is 5.94. The molecule has 2 aromatic heterocycles. The van der Waals surface area contributed by atoms with Crippen molar-refractivity contribution in [3.63, 3.8) is 0 Å². The lowest BCUT2D eigenvalue weighted by Crippen LogP contribution is -2.43. The lowest BCUT2D eigenvalue weighted by Gasteiger charge is -2.34. The van der Waals surface area contributed by atoms with Gasteiger partial charge in [0.2, 0.25) is 5.91 Å². The van der Waals surface area contributed by atoms with E-state index in [9.17, 15) is 4.79 Å². The summed E-state index contributed by atoms with van der Waals surface area (Å²) >= 11 is 0. The monoisotopic (exact) mass is 342 g/mol. The molecule has 0 saturated heterocycles. The van der Waals surface area contributed by atoms with Crippen LogP contribution in [0.3, 0.4) is 0 Å². The molecule has 1 N–H and O–H groups in total. The van der Waals surface area contributed by atoms with Crippen molar-refractivity contribution < 1.29 is 4.79 Å². The lowest BCUT2D eigenvalue weighted by molar-refractivity contribution is -0.122. The normalized spacial score (nSPS) is 23.8. The number of carbonyl (C=O) groups is 1. The molecule has 5 heteroatoms. The van der Waals surface area contributed by atoms with Crippen molar-refractivity contribution in [3.05, 3.63) is 28.7 Å². The Kier molecular flexibility index (Phi) is 5.11. The van der Waals surface area contributed by atoms with Crippen LogP contribution in [-0.2, 0) is 11.2 Å². The third-order valence-electron chi connectivity index (χ3n) is 5.94. The number of carbonyl (C=O) groups excluding carboxylic acids is 1. The molecule has 1 aliphatic rings. The topological polar surface area (TPSA) is 59.3 Å². The Bertz CT molecular complexity index is 780. The Morgan fingerprint density at radius 3 is 2.80 bits per heavy atom.